The van der Waals surface area contributed by atoms with Gasteiger partial charge in [-0.25, -0.2) is 0 Å². The minimum Gasteiger partial charge on any atom is -0.356 e. The first-order chi connectivity index (χ1) is 22.9. The molecule has 4 N–H and O–H groups in total. The SMILES string of the molecule is CC[NH+](CC)CCC[N+]1=C(/C=C/C=C2/N(CCC(=O)NCCC[N+](C)(C)CCCN)c3ccccc3C2(C)C)C(C)(C)c2ccccc21. The second-order valence-electron chi connectivity index (χ2n) is 15.4. The molecule has 0 aromatic heterocycles. The average Bonchev–Trinajstić information content (AvgIpc) is 3.42. The first kappa shape index (κ1) is 37.6. The van der Waals surface area contributed by atoms with Crippen molar-refractivity contribution in [1.29, 1.82) is 0 Å². The van der Waals surface area contributed by atoms with Gasteiger partial charge in [0.2, 0.25) is 11.6 Å². The van der Waals surface area contributed by atoms with Crippen molar-refractivity contribution in [2.24, 2.45) is 5.73 Å². The molecule has 0 fully saturated rings. The smallest absolute Gasteiger partial charge is 0.221 e. The highest BCUT2D eigenvalue weighted by molar-refractivity contribution is 6.03. The minimum atomic E-state index is -0.171. The third kappa shape index (κ3) is 8.66. The van der Waals surface area contributed by atoms with Gasteiger partial charge in [0.05, 0.1) is 58.7 Å². The molecule has 0 saturated heterocycles. The molecular formula is C41H65N6O+3. The van der Waals surface area contributed by atoms with Crippen molar-refractivity contribution >= 4 is 23.0 Å². The number of nitrogens with one attached hydrogen (secondary N) is 2. The Hall–Kier alpha value is -3.26. The van der Waals surface area contributed by atoms with Crippen molar-refractivity contribution in [3.8, 4) is 0 Å². The number of nitrogens with two attached hydrogens (primary N) is 1. The molecule has 0 atom stereocenters. The van der Waals surface area contributed by atoms with Crippen molar-refractivity contribution in [1.82, 2.24) is 5.32 Å². The maximum atomic E-state index is 13.0. The number of carbonyl (C=O) groups is 1. The normalized spacial score (nSPS) is 17.5. The Morgan fingerprint density at radius 2 is 1.60 bits per heavy atom. The van der Waals surface area contributed by atoms with Gasteiger partial charge in [0.1, 0.15) is 0 Å². The van der Waals surface area contributed by atoms with E-state index in [-0.39, 0.29) is 16.7 Å². The van der Waals surface area contributed by atoms with Gasteiger partial charge < -0.3 is 25.3 Å². The molecule has 2 aliphatic rings. The Bertz CT molecular complexity index is 1480. The van der Waals surface area contributed by atoms with Crippen LogP contribution in [0.3, 0.4) is 0 Å². The number of para-hydroxylation sites is 2. The van der Waals surface area contributed by atoms with Gasteiger partial charge in [-0.1, -0.05) is 56.3 Å². The highest BCUT2D eigenvalue weighted by Gasteiger charge is 2.44. The minimum absolute atomic E-state index is 0.0852. The highest BCUT2D eigenvalue weighted by Crippen LogP contribution is 2.47. The summed E-state index contributed by atoms with van der Waals surface area (Å²) in [7, 11) is 4.48. The summed E-state index contributed by atoms with van der Waals surface area (Å²) in [6.07, 6.45) is 10.5. The van der Waals surface area contributed by atoms with Crippen LogP contribution in [0.25, 0.3) is 0 Å². The summed E-state index contributed by atoms with van der Waals surface area (Å²) in [6.45, 7) is 22.6. The van der Waals surface area contributed by atoms with E-state index in [9.17, 15) is 4.79 Å². The van der Waals surface area contributed by atoms with Crippen LogP contribution in [-0.4, -0.2) is 93.7 Å². The number of nitrogens with zero attached hydrogens (tertiary/aromatic N) is 3. The van der Waals surface area contributed by atoms with E-state index < -0.39 is 0 Å². The van der Waals surface area contributed by atoms with Gasteiger partial charge in [0.25, 0.3) is 0 Å². The maximum Gasteiger partial charge on any atom is 0.221 e. The third-order valence-electron chi connectivity index (χ3n) is 10.8. The Labute approximate surface area is 291 Å². The van der Waals surface area contributed by atoms with Crippen molar-refractivity contribution in [3.05, 3.63) is 83.6 Å². The topological polar surface area (TPSA) is 65.8 Å². The Morgan fingerprint density at radius 1 is 0.938 bits per heavy atom. The summed E-state index contributed by atoms with van der Waals surface area (Å²) in [5, 5.41) is 3.18. The standard InChI is InChI=1S/C41H63N6O/c1-9-44(10-2)28-18-29-45-35-21-13-11-19-33(35)40(3,4)37(45)23-15-24-38-41(5,6)34-20-12-14-22-36(34)46(38)30-25-39(48)43-27-17-32-47(7,8)31-16-26-42/h11-15,19-24H,9-10,16-18,25-32,42H2,1-8H3/q+1/p+2. The van der Waals surface area contributed by atoms with Crippen LogP contribution in [-0.2, 0) is 15.6 Å². The van der Waals surface area contributed by atoms with Gasteiger partial charge in [-0.05, 0) is 51.9 Å². The summed E-state index contributed by atoms with van der Waals surface area (Å²) in [5.74, 6) is 0.113. The molecule has 2 heterocycles. The van der Waals surface area contributed by atoms with E-state index in [0.29, 0.717) is 19.5 Å². The van der Waals surface area contributed by atoms with Crippen LogP contribution in [0.1, 0.15) is 78.4 Å². The van der Waals surface area contributed by atoms with Crippen LogP contribution in [0.2, 0.25) is 0 Å². The van der Waals surface area contributed by atoms with Crippen LogP contribution in [0.15, 0.2) is 72.5 Å². The van der Waals surface area contributed by atoms with E-state index in [1.807, 2.05) is 0 Å². The van der Waals surface area contributed by atoms with Crippen molar-refractivity contribution in [3.63, 3.8) is 0 Å². The molecule has 48 heavy (non-hydrogen) atoms. The largest absolute Gasteiger partial charge is 0.356 e. The lowest BCUT2D eigenvalue weighted by molar-refractivity contribution is -0.897. The second-order valence-corrected chi connectivity index (χ2v) is 15.4. The summed E-state index contributed by atoms with van der Waals surface area (Å²) in [6, 6.07) is 17.6. The Balaban J connectivity index is 1.52. The molecule has 7 heteroatoms. The molecule has 262 valence electrons. The fourth-order valence-electron chi connectivity index (χ4n) is 7.75. The van der Waals surface area contributed by atoms with Gasteiger partial charge in [-0.15, -0.1) is 0 Å². The van der Waals surface area contributed by atoms with Crippen LogP contribution in [0, 0.1) is 0 Å². The van der Waals surface area contributed by atoms with Gasteiger partial charge in [0.15, 0.2) is 12.3 Å². The van der Waals surface area contributed by atoms with Crippen LogP contribution in [0.5, 0.6) is 0 Å². The third-order valence-corrected chi connectivity index (χ3v) is 10.8. The summed E-state index contributed by atoms with van der Waals surface area (Å²) >= 11 is 0. The molecular weight excluding hydrogens is 592 g/mol. The van der Waals surface area contributed by atoms with Crippen LogP contribution >= 0.6 is 0 Å². The molecule has 4 rings (SSSR count). The number of hydrogen-bond acceptors (Lipinski definition) is 3. The predicted octanol–water partition coefficient (Wildman–Crippen LogP) is 4.94. The van der Waals surface area contributed by atoms with Crippen molar-refractivity contribution in [2.45, 2.75) is 78.1 Å². The maximum absolute atomic E-state index is 13.0. The zero-order valence-corrected chi connectivity index (χ0v) is 31.4. The fraction of sp³-hybridized carbons (Fsp3) is 0.561. The number of benzene rings is 2. The molecule has 0 saturated carbocycles. The molecule has 0 aliphatic carbocycles. The van der Waals surface area contributed by atoms with E-state index in [1.54, 1.807) is 4.90 Å². The van der Waals surface area contributed by atoms with E-state index in [2.05, 4.69) is 137 Å². The second kappa shape index (κ2) is 16.4. The molecule has 2 aromatic rings. The van der Waals surface area contributed by atoms with Gasteiger partial charge in [-0.3, -0.25) is 4.79 Å². The number of quaternary nitrogens is 2. The first-order valence-corrected chi connectivity index (χ1v) is 18.5. The van der Waals surface area contributed by atoms with Crippen molar-refractivity contribution < 1.29 is 18.8 Å². The number of fused-ring (bicyclic) bond motifs is 2. The molecule has 7 nitrogen and oxygen atoms in total. The molecule has 0 unspecified atom stereocenters. The Morgan fingerprint density at radius 3 is 2.31 bits per heavy atom. The lowest BCUT2D eigenvalue weighted by atomic mass is 9.81. The zero-order valence-electron chi connectivity index (χ0n) is 31.4. The molecule has 0 spiro atoms. The monoisotopic (exact) mass is 658 g/mol. The Kier molecular flexibility index (Phi) is 12.9. The van der Waals surface area contributed by atoms with Crippen LogP contribution < -0.4 is 20.9 Å². The average molecular weight is 658 g/mol. The zero-order chi connectivity index (χ0) is 35.0. The van der Waals surface area contributed by atoms with Gasteiger partial charge in [0, 0.05) is 66.9 Å². The number of carbonyl (C=O) groups excluding carboxylic acids is 1. The summed E-state index contributed by atoms with van der Waals surface area (Å²) in [4.78, 5) is 17.1. The summed E-state index contributed by atoms with van der Waals surface area (Å²) < 4.78 is 3.49. The van der Waals surface area contributed by atoms with E-state index >= 15 is 0 Å². The molecule has 0 radical (unpaired) electrons. The fourth-order valence-corrected chi connectivity index (χ4v) is 7.75. The lowest BCUT2D eigenvalue weighted by Crippen LogP contribution is -3.11. The number of anilines is 1. The van der Waals surface area contributed by atoms with E-state index in [4.69, 9.17) is 5.73 Å². The van der Waals surface area contributed by atoms with Crippen molar-refractivity contribution in [2.75, 3.05) is 77.9 Å². The number of rotatable bonds is 18. The highest BCUT2D eigenvalue weighted by atomic mass is 16.1. The summed E-state index contributed by atoms with van der Waals surface area (Å²) in [5.41, 5.74) is 13.3. The van der Waals surface area contributed by atoms with Gasteiger partial charge >= 0.3 is 0 Å². The van der Waals surface area contributed by atoms with E-state index in [1.165, 1.54) is 53.5 Å². The molecule has 0 bridgehead atoms. The number of amides is 1. The molecule has 1 amide bonds. The first-order valence-electron chi connectivity index (χ1n) is 18.5. The predicted molar refractivity (Wildman–Crippen MR) is 203 cm³/mol. The lowest BCUT2D eigenvalue weighted by Gasteiger charge is -2.29. The number of allylic oxidation sites excluding steroid dienone is 4. The van der Waals surface area contributed by atoms with Gasteiger partial charge in [-0.2, -0.15) is 4.58 Å². The quantitative estimate of drug-likeness (QED) is 0.121. The molecule has 2 aliphatic heterocycles. The van der Waals surface area contributed by atoms with E-state index in [0.717, 1.165) is 49.9 Å². The number of hydrogen-bond donors (Lipinski definition) is 3. The van der Waals surface area contributed by atoms with Crippen LogP contribution in [0.4, 0.5) is 11.4 Å². The molecule has 2 aromatic carbocycles.